The highest BCUT2D eigenvalue weighted by molar-refractivity contribution is 6.35. The highest BCUT2D eigenvalue weighted by Crippen LogP contribution is 2.24. The molecule has 0 amide bonds. The van der Waals surface area contributed by atoms with Crippen LogP contribution in [0.15, 0.2) is 30.6 Å². The number of ether oxygens (including phenoxy) is 1. The maximum atomic E-state index is 12.1. The molecule has 8 heteroatoms. The van der Waals surface area contributed by atoms with Crippen LogP contribution in [-0.2, 0) is 6.54 Å². The molecular formula is C13H13ClF2N4O. The van der Waals surface area contributed by atoms with Gasteiger partial charge in [0.1, 0.15) is 29.5 Å². The number of anilines is 2. The van der Waals surface area contributed by atoms with Crippen molar-refractivity contribution in [1.82, 2.24) is 9.97 Å². The minimum atomic E-state index is -2.51. The second kappa shape index (κ2) is 7.03. The number of benzene rings is 1. The number of hydrogen-bond acceptors (Lipinski definition) is 5. The van der Waals surface area contributed by atoms with Crippen molar-refractivity contribution in [3.63, 3.8) is 0 Å². The molecule has 0 aliphatic heterocycles. The Balaban J connectivity index is 2.00. The first-order valence-corrected chi connectivity index (χ1v) is 6.44. The van der Waals surface area contributed by atoms with E-state index in [4.69, 9.17) is 22.1 Å². The Hall–Kier alpha value is -2.15. The maximum absolute atomic E-state index is 12.1. The maximum Gasteiger partial charge on any atom is 0.272 e. The first-order chi connectivity index (χ1) is 10.1. The summed E-state index contributed by atoms with van der Waals surface area (Å²) in [5.41, 5.74) is 6.40. The van der Waals surface area contributed by atoms with E-state index in [2.05, 4.69) is 15.3 Å². The lowest BCUT2D eigenvalue weighted by atomic mass is 10.2. The van der Waals surface area contributed by atoms with Gasteiger partial charge in [-0.25, -0.2) is 18.7 Å². The molecule has 0 fully saturated rings. The molecule has 1 aromatic carbocycles. The van der Waals surface area contributed by atoms with Crippen molar-refractivity contribution in [3.8, 4) is 5.75 Å². The fourth-order valence-electron chi connectivity index (χ4n) is 1.60. The topological polar surface area (TPSA) is 73.1 Å². The van der Waals surface area contributed by atoms with E-state index < -0.39 is 13.0 Å². The Morgan fingerprint density at radius 3 is 2.90 bits per heavy atom. The molecule has 0 atom stereocenters. The number of halogens is 3. The summed E-state index contributed by atoms with van der Waals surface area (Å²) >= 11 is 5.95. The van der Waals surface area contributed by atoms with E-state index in [1.165, 1.54) is 6.33 Å². The van der Waals surface area contributed by atoms with Crippen LogP contribution in [0.5, 0.6) is 5.75 Å². The summed E-state index contributed by atoms with van der Waals surface area (Å²) in [6.07, 6.45) is -1.21. The number of nitrogens with two attached hydrogens (primary N) is 1. The second-order valence-electron chi connectivity index (χ2n) is 4.12. The molecule has 1 aromatic heterocycles. The molecule has 0 unspecified atom stereocenters. The minimum Gasteiger partial charge on any atom is -0.488 e. The van der Waals surface area contributed by atoms with Crippen LogP contribution in [0.2, 0.25) is 5.02 Å². The average Bonchev–Trinajstić information content (AvgIpc) is 2.47. The first kappa shape index (κ1) is 15.2. The van der Waals surface area contributed by atoms with Crippen molar-refractivity contribution in [2.45, 2.75) is 13.0 Å². The van der Waals surface area contributed by atoms with Crippen molar-refractivity contribution >= 4 is 23.2 Å². The summed E-state index contributed by atoms with van der Waals surface area (Å²) in [5.74, 6) is 0.967. The third-order valence-electron chi connectivity index (χ3n) is 2.55. The number of hydrogen-bond donors (Lipinski definition) is 2. The largest absolute Gasteiger partial charge is 0.488 e. The molecule has 0 saturated heterocycles. The average molecular weight is 315 g/mol. The number of nitrogens with zero attached hydrogens (tertiary/aromatic N) is 2. The molecule has 0 spiro atoms. The van der Waals surface area contributed by atoms with Crippen molar-refractivity contribution in [2.75, 3.05) is 17.7 Å². The highest BCUT2D eigenvalue weighted by Gasteiger charge is 2.07. The van der Waals surface area contributed by atoms with Gasteiger partial charge in [-0.2, -0.15) is 0 Å². The Morgan fingerprint density at radius 2 is 2.14 bits per heavy atom. The van der Waals surface area contributed by atoms with Gasteiger partial charge in [0.2, 0.25) is 0 Å². The summed E-state index contributed by atoms with van der Waals surface area (Å²) < 4.78 is 29.1. The van der Waals surface area contributed by atoms with Gasteiger partial charge in [0.05, 0.1) is 0 Å². The molecule has 0 saturated carbocycles. The van der Waals surface area contributed by atoms with Gasteiger partial charge in [-0.1, -0.05) is 23.7 Å². The van der Waals surface area contributed by atoms with E-state index in [0.717, 1.165) is 5.56 Å². The number of nitrogen functional groups attached to an aromatic ring is 1. The van der Waals surface area contributed by atoms with Crippen molar-refractivity contribution in [1.29, 1.82) is 0 Å². The van der Waals surface area contributed by atoms with E-state index >= 15 is 0 Å². The van der Waals surface area contributed by atoms with Crippen LogP contribution in [0.25, 0.3) is 0 Å². The molecule has 5 nitrogen and oxygen atoms in total. The molecular weight excluding hydrogens is 302 g/mol. The quantitative estimate of drug-likeness (QED) is 0.857. The molecule has 0 aliphatic carbocycles. The third-order valence-corrected chi connectivity index (χ3v) is 2.92. The molecule has 3 N–H and O–H groups in total. The van der Waals surface area contributed by atoms with Crippen molar-refractivity contribution in [2.24, 2.45) is 0 Å². The number of alkyl halides is 2. The highest BCUT2D eigenvalue weighted by atomic mass is 35.5. The monoisotopic (exact) mass is 314 g/mol. The number of aromatic nitrogens is 2. The first-order valence-electron chi connectivity index (χ1n) is 6.06. The molecule has 21 heavy (non-hydrogen) atoms. The van der Waals surface area contributed by atoms with Crippen LogP contribution in [0.3, 0.4) is 0 Å². The van der Waals surface area contributed by atoms with Crippen LogP contribution in [-0.4, -0.2) is 23.0 Å². The lowest BCUT2D eigenvalue weighted by molar-refractivity contribution is 0.0818. The zero-order valence-corrected chi connectivity index (χ0v) is 11.6. The summed E-state index contributed by atoms with van der Waals surface area (Å²) in [4.78, 5) is 7.72. The smallest absolute Gasteiger partial charge is 0.272 e. The molecule has 112 valence electrons. The van der Waals surface area contributed by atoms with Gasteiger partial charge in [0, 0.05) is 6.54 Å². The molecule has 0 bridgehead atoms. The summed E-state index contributed by atoms with van der Waals surface area (Å²) in [7, 11) is 0. The Bertz CT molecular complexity index is 612. The Morgan fingerprint density at radius 1 is 1.33 bits per heavy atom. The zero-order chi connectivity index (χ0) is 15.2. The van der Waals surface area contributed by atoms with E-state index in [1.807, 2.05) is 6.07 Å². The van der Waals surface area contributed by atoms with Crippen LogP contribution < -0.4 is 15.8 Å². The number of nitrogens with one attached hydrogen (secondary N) is 1. The van der Waals surface area contributed by atoms with Gasteiger partial charge in [-0.05, 0) is 17.7 Å². The van der Waals surface area contributed by atoms with Crippen LogP contribution >= 0.6 is 11.6 Å². The SMILES string of the molecule is Nc1ncnc(NCc2cccc(OCC(F)F)c2)c1Cl. The fourth-order valence-corrected chi connectivity index (χ4v) is 1.76. The Kier molecular flexibility index (Phi) is 5.10. The fraction of sp³-hybridized carbons (Fsp3) is 0.231. The van der Waals surface area contributed by atoms with Gasteiger partial charge in [-0.3, -0.25) is 0 Å². The van der Waals surface area contributed by atoms with E-state index in [1.54, 1.807) is 18.2 Å². The molecule has 2 aromatic rings. The normalized spacial score (nSPS) is 10.7. The lowest BCUT2D eigenvalue weighted by Gasteiger charge is -2.10. The molecule has 2 rings (SSSR count). The minimum absolute atomic E-state index is 0.184. The molecule has 0 radical (unpaired) electrons. The van der Waals surface area contributed by atoms with Crippen molar-refractivity contribution < 1.29 is 13.5 Å². The number of rotatable bonds is 6. The third kappa shape index (κ3) is 4.42. The molecule has 1 heterocycles. The summed E-state index contributed by atoms with van der Waals surface area (Å²) in [6, 6.07) is 6.81. The zero-order valence-electron chi connectivity index (χ0n) is 10.9. The Labute approximate surface area is 125 Å². The second-order valence-corrected chi connectivity index (χ2v) is 4.50. The van der Waals surface area contributed by atoms with Gasteiger partial charge < -0.3 is 15.8 Å². The van der Waals surface area contributed by atoms with Crippen LogP contribution in [0.1, 0.15) is 5.56 Å². The predicted octanol–water partition coefficient (Wildman–Crippen LogP) is 2.97. The molecule has 0 aliphatic rings. The van der Waals surface area contributed by atoms with Gasteiger partial charge in [0.15, 0.2) is 5.82 Å². The predicted molar refractivity (Wildman–Crippen MR) is 76.7 cm³/mol. The van der Waals surface area contributed by atoms with Crippen LogP contribution in [0.4, 0.5) is 20.4 Å². The van der Waals surface area contributed by atoms with E-state index in [0.29, 0.717) is 18.1 Å². The standard InChI is InChI=1S/C13H13ClF2N4O/c14-11-12(17)19-7-20-13(11)18-5-8-2-1-3-9(4-8)21-6-10(15)16/h1-4,7,10H,5-6H2,(H3,17,18,19,20). The summed E-state index contributed by atoms with van der Waals surface area (Å²) in [5, 5.41) is 3.23. The van der Waals surface area contributed by atoms with Crippen LogP contribution in [0, 0.1) is 0 Å². The lowest BCUT2D eigenvalue weighted by Crippen LogP contribution is -2.08. The van der Waals surface area contributed by atoms with Crippen molar-refractivity contribution in [3.05, 3.63) is 41.2 Å². The van der Waals surface area contributed by atoms with Gasteiger partial charge >= 0.3 is 0 Å². The summed E-state index contributed by atoms with van der Waals surface area (Å²) in [6.45, 7) is -0.243. The van der Waals surface area contributed by atoms with Gasteiger partial charge in [-0.15, -0.1) is 0 Å². The van der Waals surface area contributed by atoms with Gasteiger partial charge in [0.25, 0.3) is 6.43 Å². The van der Waals surface area contributed by atoms with E-state index in [-0.39, 0.29) is 10.8 Å². The van der Waals surface area contributed by atoms with E-state index in [9.17, 15) is 8.78 Å².